The summed E-state index contributed by atoms with van der Waals surface area (Å²) in [6, 6.07) is 3.21. The summed E-state index contributed by atoms with van der Waals surface area (Å²) in [5.41, 5.74) is -2.75. The van der Waals surface area contributed by atoms with Crippen molar-refractivity contribution in [3.05, 3.63) is 76.6 Å². The molecule has 0 aliphatic heterocycles. The SMILES string of the molecule is C/C=C/Cc1ccc(C(F)(F)OC2CCC(C(F)(F)OC3CCC(C(F)(F)Oc4cc(F)c(C(F)(F)F)c(F)c4)CC3)CC2)c(F)c1. The summed E-state index contributed by atoms with van der Waals surface area (Å²) in [6.45, 7) is 1.76. The molecule has 2 aromatic carbocycles. The number of ether oxygens (including phenoxy) is 3. The number of halogens is 12. The highest BCUT2D eigenvalue weighted by Crippen LogP contribution is 2.45. The minimum absolute atomic E-state index is 0.0159. The molecule has 4 rings (SSSR count). The maximum atomic E-state index is 15.0. The molecule has 0 amide bonds. The summed E-state index contributed by atoms with van der Waals surface area (Å²) in [7, 11) is 0. The molecular weight excluding hydrogens is 660 g/mol. The topological polar surface area (TPSA) is 27.7 Å². The smallest absolute Gasteiger partial charge is 0.422 e. The van der Waals surface area contributed by atoms with E-state index in [4.69, 9.17) is 9.47 Å². The Hall–Kier alpha value is -2.94. The van der Waals surface area contributed by atoms with E-state index < -0.39 is 95.7 Å². The summed E-state index contributed by atoms with van der Waals surface area (Å²) in [5, 5.41) is 0. The van der Waals surface area contributed by atoms with Crippen LogP contribution in [0.4, 0.5) is 52.7 Å². The van der Waals surface area contributed by atoms with Crippen LogP contribution >= 0.6 is 0 Å². The first-order chi connectivity index (χ1) is 21.8. The molecule has 2 fully saturated rings. The van der Waals surface area contributed by atoms with E-state index in [1.807, 2.05) is 0 Å². The van der Waals surface area contributed by atoms with Crippen LogP contribution in [0.2, 0.25) is 0 Å². The van der Waals surface area contributed by atoms with Crippen LogP contribution in [-0.2, 0) is 28.2 Å². The van der Waals surface area contributed by atoms with Gasteiger partial charge >= 0.3 is 24.5 Å². The quantitative estimate of drug-likeness (QED) is 0.173. The van der Waals surface area contributed by atoms with Gasteiger partial charge in [-0.15, -0.1) is 0 Å². The van der Waals surface area contributed by atoms with Gasteiger partial charge in [-0.05, 0) is 82.4 Å². The van der Waals surface area contributed by atoms with Gasteiger partial charge in [0.25, 0.3) is 0 Å². The van der Waals surface area contributed by atoms with Gasteiger partial charge in [0, 0.05) is 12.1 Å². The van der Waals surface area contributed by atoms with E-state index in [1.54, 1.807) is 19.1 Å². The fourth-order valence-corrected chi connectivity index (χ4v) is 5.92. The summed E-state index contributed by atoms with van der Waals surface area (Å²) in [6.07, 6.45) is -18.0. The zero-order chi connectivity index (χ0) is 34.8. The zero-order valence-electron chi connectivity index (χ0n) is 25.0. The lowest BCUT2D eigenvalue weighted by atomic mass is 9.85. The molecule has 3 nitrogen and oxygen atoms in total. The van der Waals surface area contributed by atoms with Gasteiger partial charge in [-0.25, -0.2) is 13.2 Å². The van der Waals surface area contributed by atoms with E-state index >= 15 is 8.78 Å². The maximum absolute atomic E-state index is 15.0. The van der Waals surface area contributed by atoms with Crippen molar-refractivity contribution >= 4 is 0 Å². The first-order valence-corrected chi connectivity index (χ1v) is 15.0. The number of hydrogen-bond donors (Lipinski definition) is 0. The molecule has 0 unspecified atom stereocenters. The lowest BCUT2D eigenvalue weighted by molar-refractivity contribution is -0.314. The minimum Gasteiger partial charge on any atom is -0.432 e. The van der Waals surface area contributed by atoms with Gasteiger partial charge in [0.1, 0.15) is 28.8 Å². The van der Waals surface area contributed by atoms with Gasteiger partial charge in [-0.3, -0.25) is 0 Å². The Morgan fingerprint density at radius 1 is 0.660 bits per heavy atom. The molecule has 0 radical (unpaired) electrons. The summed E-state index contributed by atoms with van der Waals surface area (Å²) >= 11 is 0. The molecule has 15 heteroatoms. The Morgan fingerprint density at radius 3 is 1.66 bits per heavy atom. The van der Waals surface area contributed by atoms with E-state index in [1.165, 1.54) is 6.07 Å². The number of alkyl halides is 9. The van der Waals surface area contributed by atoms with Gasteiger partial charge in [0.15, 0.2) is 0 Å². The predicted octanol–water partition coefficient (Wildman–Crippen LogP) is 10.7. The van der Waals surface area contributed by atoms with Crippen LogP contribution in [0.25, 0.3) is 0 Å². The van der Waals surface area contributed by atoms with E-state index in [0.717, 1.165) is 12.1 Å². The predicted molar refractivity (Wildman–Crippen MR) is 144 cm³/mol. The monoisotopic (exact) mass is 692 g/mol. The molecule has 2 saturated carbocycles. The minimum atomic E-state index is -5.41. The van der Waals surface area contributed by atoms with Crippen LogP contribution in [-0.4, -0.2) is 24.4 Å². The molecule has 0 spiro atoms. The molecule has 0 atom stereocenters. The second-order valence-corrected chi connectivity index (χ2v) is 11.8. The van der Waals surface area contributed by atoms with Crippen molar-refractivity contribution < 1.29 is 66.9 Å². The Kier molecular flexibility index (Phi) is 11.2. The molecule has 0 heterocycles. The largest absolute Gasteiger partial charge is 0.432 e. The van der Waals surface area contributed by atoms with Crippen LogP contribution in [0.15, 0.2) is 42.5 Å². The Bertz CT molecular complexity index is 1370. The van der Waals surface area contributed by atoms with Gasteiger partial charge in [0.2, 0.25) is 0 Å². The Labute approximate surface area is 262 Å². The summed E-state index contributed by atoms with van der Waals surface area (Å²) in [4.78, 5) is 0. The first-order valence-electron chi connectivity index (χ1n) is 15.0. The van der Waals surface area contributed by atoms with Crippen LogP contribution in [0.1, 0.15) is 75.0 Å². The zero-order valence-corrected chi connectivity index (χ0v) is 25.0. The number of benzene rings is 2. The summed E-state index contributed by atoms with van der Waals surface area (Å²) < 4.78 is 183. The second-order valence-electron chi connectivity index (χ2n) is 11.8. The molecule has 262 valence electrons. The molecule has 0 aromatic heterocycles. The van der Waals surface area contributed by atoms with Crippen LogP contribution < -0.4 is 4.74 Å². The fourth-order valence-electron chi connectivity index (χ4n) is 5.92. The van der Waals surface area contributed by atoms with Crippen molar-refractivity contribution in [2.45, 2.75) is 101 Å². The van der Waals surface area contributed by atoms with Crippen molar-refractivity contribution in [2.24, 2.45) is 11.8 Å². The van der Waals surface area contributed by atoms with Gasteiger partial charge in [0.05, 0.1) is 29.6 Å². The number of rotatable bonds is 11. The number of hydrogen-bond acceptors (Lipinski definition) is 3. The normalized spacial score (nSPS) is 23.3. The Morgan fingerprint density at radius 2 is 1.17 bits per heavy atom. The third-order valence-corrected chi connectivity index (χ3v) is 8.43. The fraction of sp³-hybridized carbons (Fsp3) is 0.562. The molecule has 2 aromatic rings. The molecule has 47 heavy (non-hydrogen) atoms. The van der Waals surface area contributed by atoms with Gasteiger partial charge in [-0.2, -0.15) is 39.5 Å². The van der Waals surface area contributed by atoms with E-state index in [2.05, 4.69) is 4.74 Å². The third-order valence-electron chi connectivity index (χ3n) is 8.43. The average Bonchev–Trinajstić information content (AvgIpc) is 2.94. The molecule has 0 saturated heterocycles. The van der Waals surface area contributed by atoms with Crippen molar-refractivity contribution in [1.29, 1.82) is 0 Å². The lowest BCUT2D eigenvalue weighted by Gasteiger charge is -2.38. The van der Waals surface area contributed by atoms with Gasteiger partial charge < -0.3 is 14.2 Å². The average molecular weight is 693 g/mol. The van der Waals surface area contributed by atoms with Crippen molar-refractivity contribution in [3.8, 4) is 5.75 Å². The molecular formula is C32H32F12O3. The standard InChI is InChI=1S/C32H32F12O3/c1-2-3-4-18-5-14-24(25(33)15-18)32(43,44)46-22-12-8-19(9-13-22)30(39,40)45-21-10-6-20(7-11-21)31(41,42)47-23-16-26(34)28(27(35)17-23)29(36,37)38/h2-3,5,14-17,19-22H,4,6-13H2,1H3/b3-2+. The highest BCUT2D eigenvalue weighted by atomic mass is 19.4. The van der Waals surface area contributed by atoms with E-state index in [9.17, 15) is 43.9 Å². The Balaban J connectivity index is 1.26. The highest BCUT2D eigenvalue weighted by molar-refractivity contribution is 5.32. The molecule has 2 aliphatic carbocycles. The van der Waals surface area contributed by atoms with Crippen LogP contribution in [0.3, 0.4) is 0 Å². The van der Waals surface area contributed by atoms with Crippen LogP contribution in [0, 0.1) is 29.3 Å². The molecule has 0 N–H and O–H groups in total. The first kappa shape index (κ1) is 36.9. The van der Waals surface area contributed by atoms with Crippen molar-refractivity contribution in [3.63, 3.8) is 0 Å². The second kappa shape index (κ2) is 14.3. The van der Waals surface area contributed by atoms with Crippen molar-refractivity contribution in [1.82, 2.24) is 0 Å². The highest BCUT2D eigenvalue weighted by Gasteiger charge is 2.49. The molecule has 2 aliphatic rings. The van der Waals surface area contributed by atoms with E-state index in [0.29, 0.717) is 12.0 Å². The van der Waals surface area contributed by atoms with Crippen LogP contribution in [0.5, 0.6) is 5.75 Å². The maximum Gasteiger partial charge on any atom is 0.422 e. The number of allylic oxidation sites excluding steroid dienone is 2. The summed E-state index contributed by atoms with van der Waals surface area (Å²) in [5.74, 6) is -9.62. The van der Waals surface area contributed by atoms with Gasteiger partial charge in [-0.1, -0.05) is 18.2 Å². The molecule has 0 bridgehead atoms. The third kappa shape index (κ3) is 9.15. The van der Waals surface area contributed by atoms with E-state index in [-0.39, 0.29) is 50.7 Å². The van der Waals surface area contributed by atoms with Crippen molar-refractivity contribution in [2.75, 3.05) is 0 Å². The lowest BCUT2D eigenvalue weighted by Crippen LogP contribution is -2.43.